The first-order valence-electron chi connectivity index (χ1n) is 5.93. The van der Waals surface area contributed by atoms with Crippen LogP contribution in [0, 0.1) is 0 Å². The third kappa shape index (κ3) is 1.91. The van der Waals surface area contributed by atoms with Crippen LogP contribution in [0.5, 0.6) is 0 Å². The zero-order chi connectivity index (χ0) is 12.4. The Morgan fingerprint density at radius 2 is 1.50 bits per heavy atom. The second-order valence-electron chi connectivity index (χ2n) is 4.26. The number of ketones is 1. The average Bonchev–Trinajstić information content (AvgIpc) is 2.43. The van der Waals surface area contributed by atoms with Crippen molar-refractivity contribution in [1.29, 1.82) is 0 Å². The molecule has 1 heteroatoms. The molecular formula is C17H12O. The fourth-order valence-corrected chi connectivity index (χ4v) is 2.10. The van der Waals surface area contributed by atoms with Gasteiger partial charge in [0.2, 0.25) is 0 Å². The zero-order valence-corrected chi connectivity index (χ0v) is 9.84. The summed E-state index contributed by atoms with van der Waals surface area (Å²) in [7, 11) is 0. The molecule has 0 N–H and O–H groups in total. The number of fused-ring (bicyclic) bond motifs is 1. The topological polar surface area (TPSA) is 17.1 Å². The van der Waals surface area contributed by atoms with Crippen molar-refractivity contribution in [1.82, 2.24) is 0 Å². The Kier molecular flexibility index (Phi) is 2.66. The van der Waals surface area contributed by atoms with E-state index in [1.165, 1.54) is 0 Å². The van der Waals surface area contributed by atoms with Crippen molar-refractivity contribution < 1.29 is 4.79 Å². The van der Waals surface area contributed by atoms with Crippen molar-refractivity contribution in [3.8, 4) is 0 Å². The molecule has 0 saturated carbocycles. The summed E-state index contributed by atoms with van der Waals surface area (Å²) in [5.41, 5.74) is 3.56. The van der Waals surface area contributed by atoms with E-state index in [-0.39, 0.29) is 5.78 Å². The summed E-state index contributed by atoms with van der Waals surface area (Å²) in [5.74, 6) is 0.0944. The van der Waals surface area contributed by atoms with Gasteiger partial charge in [-0.05, 0) is 17.2 Å². The van der Waals surface area contributed by atoms with Gasteiger partial charge in [-0.2, -0.15) is 0 Å². The largest absolute Gasteiger partial charge is 0.289 e. The highest BCUT2D eigenvalue weighted by atomic mass is 16.1. The number of carbonyl (C=O) groups is 1. The second kappa shape index (κ2) is 4.46. The zero-order valence-electron chi connectivity index (χ0n) is 9.84. The SMILES string of the molecule is O=C1/C(=C\c2ccccc2)C=Cc2ccccc21. The maximum atomic E-state index is 12.3. The molecule has 0 aliphatic heterocycles. The molecule has 18 heavy (non-hydrogen) atoms. The minimum Gasteiger partial charge on any atom is -0.289 e. The minimum atomic E-state index is 0.0944. The maximum absolute atomic E-state index is 12.3. The molecule has 86 valence electrons. The molecule has 2 aromatic rings. The number of hydrogen-bond acceptors (Lipinski definition) is 1. The summed E-state index contributed by atoms with van der Waals surface area (Å²) < 4.78 is 0. The van der Waals surface area contributed by atoms with Crippen LogP contribution >= 0.6 is 0 Å². The number of carbonyl (C=O) groups excluding carboxylic acids is 1. The van der Waals surface area contributed by atoms with Crippen LogP contribution in [0.4, 0.5) is 0 Å². The van der Waals surface area contributed by atoms with E-state index in [4.69, 9.17) is 0 Å². The van der Waals surface area contributed by atoms with Gasteiger partial charge in [-0.3, -0.25) is 4.79 Å². The molecule has 0 aromatic heterocycles. The Hall–Kier alpha value is -2.41. The van der Waals surface area contributed by atoms with Crippen molar-refractivity contribution in [3.63, 3.8) is 0 Å². The lowest BCUT2D eigenvalue weighted by molar-refractivity contribution is 0.103. The van der Waals surface area contributed by atoms with E-state index in [2.05, 4.69) is 0 Å². The smallest absolute Gasteiger partial charge is 0.193 e. The van der Waals surface area contributed by atoms with Gasteiger partial charge in [-0.1, -0.05) is 66.7 Å². The van der Waals surface area contributed by atoms with Crippen molar-refractivity contribution in [3.05, 3.63) is 82.9 Å². The summed E-state index contributed by atoms with van der Waals surface area (Å²) in [6.45, 7) is 0. The van der Waals surface area contributed by atoms with E-state index in [1.54, 1.807) is 0 Å². The molecule has 1 nitrogen and oxygen atoms in total. The molecule has 0 saturated heterocycles. The highest BCUT2D eigenvalue weighted by Crippen LogP contribution is 2.23. The van der Waals surface area contributed by atoms with E-state index >= 15 is 0 Å². The molecule has 1 aliphatic carbocycles. The van der Waals surface area contributed by atoms with Gasteiger partial charge in [-0.15, -0.1) is 0 Å². The molecule has 2 aromatic carbocycles. The highest BCUT2D eigenvalue weighted by Gasteiger charge is 2.16. The molecule has 0 fully saturated rings. The lowest BCUT2D eigenvalue weighted by Gasteiger charge is -2.11. The summed E-state index contributed by atoms with van der Waals surface area (Å²) in [6, 6.07) is 17.6. The van der Waals surface area contributed by atoms with Gasteiger partial charge >= 0.3 is 0 Å². The number of allylic oxidation sites excluding steroid dienone is 2. The first kappa shape index (κ1) is 10.7. The Labute approximate surface area is 106 Å². The summed E-state index contributed by atoms with van der Waals surface area (Å²) in [4.78, 5) is 12.3. The van der Waals surface area contributed by atoms with Gasteiger partial charge in [0.1, 0.15) is 0 Å². The molecule has 0 bridgehead atoms. The number of hydrogen-bond donors (Lipinski definition) is 0. The van der Waals surface area contributed by atoms with E-state index < -0.39 is 0 Å². The quantitative estimate of drug-likeness (QED) is 0.680. The van der Waals surface area contributed by atoms with Crippen LogP contribution in [0.1, 0.15) is 21.5 Å². The van der Waals surface area contributed by atoms with Crippen LogP contribution < -0.4 is 0 Å². The van der Waals surface area contributed by atoms with Gasteiger partial charge < -0.3 is 0 Å². The molecule has 0 atom stereocenters. The Morgan fingerprint density at radius 3 is 2.33 bits per heavy atom. The first-order chi connectivity index (χ1) is 8.84. The fourth-order valence-electron chi connectivity index (χ4n) is 2.10. The first-order valence-corrected chi connectivity index (χ1v) is 5.93. The van der Waals surface area contributed by atoms with Crippen LogP contribution in [-0.4, -0.2) is 5.78 Å². The van der Waals surface area contributed by atoms with Crippen molar-refractivity contribution in [2.75, 3.05) is 0 Å². The Bertz CT molecular complexity index is 648. The highest BCUT2D eigenvalue weighted by molar-refractivity contribution is 6.17. The normalized spacial score (nSPS) is 15.8. The molecule has 0 heterocycles. The van der Waals surface area contributed by atoms with Crippen molar-refractivity contribution in [2.24, 2.45) is 0 Å². The molecular weight excluding hydrogens is 220 g/mol. The van der Waals surface area contributed by atoms with Crippen LogP contribution in [0.15, 0.2) is 66.2 Å². The molecule has 0 spiro atoms. The summed E-state index contributed by atoms with van der Waals surface area (Å²) in [6.07, 6.45) is 5.80. The molecule has 1 aliphatic rings. The predicted molar refractivity (Wildman–Crippen MR) is 74.2 cm³/mol. The Balaban J connectivity index is 2.04. The average molecular weight is 232 g/mol. The van der Waals surface area contributed by atoms with E-state index in [9.17, 15) is 4.79 Å². The van der Waals surface area contributed by atoms with E-state index in [1.807, 2.05) is 72.8 Å². The van der Waals surface area contributed by atoms with Gasteiger partial charge in [0.05, 0.1) is 0 Å². The molecule has 3 rings (SSSR count). The van der Waals surface area contributed by atoms with Crippen molar-refractivity contribution in [2.45, 2.75) is 0 Å². The monoisotopic (exact) mass is 232 g/mol. The van der Waals surface area contributed by atoms with Crippen LogP contribution in [0.2, 0.25) is 0 Å². The number of rotatable bonds is 1. The third-order valence-corrected chi connectivity index (χ3v) is 3.03. The predicted octanol–water partition coefficient (Wildman–Crippen LogP) is 3.98. The van der Waals surface area contributed by atoms with Gasteiger partial charge in [0, 0.05) is 11.1 Å². The fraction of sp³-hybridized carbons (Fsp3) is 0. The van der Waals surface area contributed by atoms with Gasteiger partial charge in [0.25, 0.3) is 0 Å². The molecule has 0 amide bonds. The minimum absolute atomic E-state index is 0.0944. The summed E-state index contributed by atoms with van der Waals surface area (Å²) >= 11 is 0. The van der Waals surface area contributed by atoms with Crippen LogP contribution in [-0.2, 0) is 0 Å². The lowest BCUT2D eigenvalue weighted by Crippen LogP contribution is -2.07. The van der Waals surface area contributed by atoms with Gasteiger partial charge in [0.15, 0.2) is 5.78 Å². The number of Topliss-reactive ketones (excluding diaryl/α,β-unsaturated/α-hetero) is 1. The Morgan fingerprint density at radius 1 is 0.778 bits per heavy atom. The second-order valence-corrected chi connectivity index (χ2v) is 4.26. The standard InChI is InChI=1S/C17H12O/c18-17-15(12-13-6-2-1-3-7-13)11-10-14-8-4-5-9-16(14)17/h1-12H/b15-12-. The van der Waals surface area contributed by atoms with Crippen LogP contribution in [0.3, 0.4) is 0 Å². The van der Waals surface area contributed by atoms with Crippen LogP contribution in [0.25, 0.3) is 12.2 Å². The van der Waals surface area contributed by atoms with Crippen molar-refractivity contribution >= 4 is 17.9 Å². The molecule has 0 unspecified atom stereocenters. The van der Waals surface area contributed by atoms with E-state index in [0.717, 1.165) is 22.3 Å². The third-order valence-electron chi connectivity index (χ3n) is 3.03. The maximum Gasteiger partial charge on any atom is 0.193 e. The van der Waals surface area contributed by atoms with Gasteiger partial charge in [-0.25, -0.2) is 0 Å². The van der Waals surface area contributed by atoms with E-state index in [0.29, 0.717) is 0 Å². The number of benzene rings is 2. The molecule has 0 radical (unpaired) electrons. The summed E-state index contributed by atoms with van der Waals surface area (Å²) in [5, 5.41) is 0. The lowest BCUT2D eigenvalue weighted by atomic mass is 9.91.